The van der Waals surface area contributed by atoms with E-state index in [1.165, 1.54) is 0 Å². The van der Waals surface area contributed by atoms with Gasteiger partial charge in [0.05, 0.1) is 12.0 Å². The topological polar surface area (TPSA) is 116 Å². The lowest BCUT2D eigenvalue weighted by atomic mass is 10.1. The van der Waals surface area contributed by atoms with Crippen LogP contribution in [0.5, 0.6) is 5.75 Å². The number of nitro benzene ring substituents is 1. The van der Waals surface area contributed by atoms with Gasteiger partial charge in [0.25, 0.3) is 0 Å². The number of nitrogen functional groups attached to an aromatic ring is 1. The molecule has 7 nitrogen and oxygen atoms in total. The monoisotopic (exact) mass is 248 g/mol. The van der Waals surface area contributed by atoms with Crippen molar-refractivity contribution in [2.24, 2.45) is 0 Å². The van der Waals surface area contributed by atoms with Gasteiger partial charge in [-0.15, -0.1) is 0 Å². The molecule has 0 saturated heterocycles. The van der Waals surface area contributed by atoms with Crippen molar-refractivity contribution in [2.45, 2.75) is 0 Å². The Hall–Kier alpha value is -2.45. The van der Waals surface area contributed by atoms with Crippen molar-refractivity contribution in [3.8, 4) is 5.75 Å². The predicted molar refractivity (Wildman–Crippen MR) is 50.9 cm³/mol. The number of hydrogen-bond donors (Lipinski definition) is 2. The fourth-order valence-electron chi connectivity index (χ4n) is 1.24. The Bertz CT molecular complexity index is 517. The molecule has 0 aliphatic carbocycles. The molecule has 1 rings (SSSR count). The molecule has 0 aliphatic rings. The van der Waals surface area contributed by atoms with E-state index in [1.807, 2.05) is 0 Å². The molecule has 0 aromatic heterocycles. The predicted octanol–water partition coefficient (Wildman–Crippen LogP) is 1.16. The minimum absolute atomic E-state index is 0.873. The lowest BCUT2D eigenvalue weighted by Gasteiger charge is -2.09. The third-order valence-electron chi connectivity index (χ3n) is 1.95. The maximum Gasteiger partial charge on any atom is 0.346 e. The number of carboxylic acid groups (broad SMARTS) is 1. The minimum atomic E-state index is -1.95. The summed E-state index contributed by atoms with van der Waals surface area (Å²) in [6.45, 7) is 0. The van der Waals surface area contributed by atoms with Crippen LogP contribution in [-0.4, -0.2) is 23.1 Å². The number of hydrogen-bond acceptors (Lipinski definition) is 5. The summed E-state index contributed by atoms with van der Waals surface area (Å²) >= 11 is 0. The molecule has 1 aromatic carbocycles. The average molecular weight is 248 g/mol. The van der Waals surface area contributed by atoms with Gasteiger partial charge in [-0.25, -0.2) is 13.6 Å². The molecule has 0 fully saturated rings. The van der Waals surface area contributed by atoms with Gasteiger partial charge in [0, 0.05) is 0 Å². The van der Waals surface area contributed by atoms with Gasteiger partial charge >= 0.3 is 11.7 Å². The van der Waals surface area contributed by atoms with E-state index in [9.17, 15) is 23.7 Å². The number of methoxy groups -OCH3 is 1. The van der Waals surface area contributed by atoms with Crippen LogP contribution in [0.4, 0.5) is 20.2 Å². The van der Waals surface area contributed by atoms with E-state index in [2.05, 4.69) is 4.74 Å². The quantitative estimate of drug-likeness (QED) is 0.471. The summed E-state index contributed by atoms with van der Waals surface area (Å²) in [6.07, 6.45) is 0. The van der Waals surface area contributed by atoms with Crippen molar-refractivity contribution in [1.29, 1.82) is 0 Å². The van der Waals surface area contributed by atoms with Crippen LogP contribution in [0.15, 0.2) is 0 Å². The van der Waals surface area contributed by atoms with Crippen LogP contribution in [0.3, 0.4) is 0 Å². The molecule has 3 N–H and O–H groups in total. The Morgan fingerprint density at radius 2 is 2.00 bits per heavy atom. The summed E-state index contributed by atoms with van der Waals surface area (Å²) in [6, 6.07) is 0. The highest BCUT2D eigenvalue weighted by Gasteiger charge is 2.34. The SMILES string of the molecule is COc1c(F)c(N)c([N+](=O)[O-])c(C(=O)O)c1F. The lowest BCUT2D eigenvalue weighted by molar-refractivity contribution is -0.384. The van der Waals surface area contributed by atoms with E-state index in [4.69, 9.17) is 10.8 Å². The largest absolute Gasteiger partial charge is 0.491 e. The maximum absolute atomic E-state index is 13.5. The number of carboxylic acids is 1. The first-order valence-corrected chi connectivity index (χ1v) is 4.05. The highest BCUT2D eigenvalue weighted by atomic mass is 19.1. The molecule has 1 aromatic rings. The first-order valence-electron chi connectivity index (χ1n) is 4.05. The normalized spacial score (nSPS) is 10.1. The number of nitrogens with zero attached hydrogens (tertiary/aromatic N) is 1. The van der Waals surface area contributed by atoms with Crippen LogP contribution in [-0.2, 0) is 0 Å². The maximum atomic E-state index is 13.5. The van der Waals surface area contributed by atoms with Crippen molar-refractivity contribution < 1.29 is 28.3 Å². The Morgan fingerprint density at radius 1 is 1.47 bits per heavy atom. The minimum Gasteiger partial charge on any atom is -0.491 e. The molecule has 9 heteroatoms. The fourth-order valence-corrected chi connectivity index (χ4v) is 1.24. The number of nitro groups is 1. The lowest BCUT2D eigenvalue weighted by Crippen LogP contribution is -2.12. The van der Waals surface area contributed by atoms with E-state index in [0.29, 0.717) is 0 Å². The summed E-state index contributed by atoms with van der Waals surface area (Å²) < 4.78 is 31.1. The van der Waals surface area contributed by atoms with Crippen molar-refractivity contribution >= 4 is 17.3 Å². The van der Waals surface area contributed by atoms with Gasteiger partial charge in [0.2, 0.25) is 0 Å². The molecule has 0 heterocycles. The summed E-state index contributed by atoms with van der Waals surface area (Å²) in [5.74, 6) is -6.22. The zero-order chi connectivity index (χ0) is 13.3. The molecule has 0 atom stereocenters. The van der Waals surface area contributed by atoms with Gasteiger partial charge in [-0.3, -0.25) is 10.1 Å². The zero-order valence-corrected chi connectivity index (χ0v) is 8.36. The molecule has 0 saturated carbocycles. The Kier molecular flexibility index (Phi) is 3.12. The number of anilines is 1. The van der Waals surface area contributed by atoms with Gasteiger partial charge in [-0.05, 0) is 0 Å². The van der Waals surface area contributed by atoms with Crippen molar-refractivity contribution in [2.75, 3.05) is 12.8 Å². The standard InChI is InChI=1S/C8H6F2N2O5/c1-17-7-3(9)2(8(13)14)6(12(15)16)5(11)4(7)10/h11H2,1H3,(H,13,14). The summed E-state index contributed by atoms with van der Waals surface area (Å²) in [7, 11) is 0.873. The Labute approximate surface area is 92.6 Å². The third-order valence-corrected chi connectivity index (χ3v) is 1.95. The van der Waals surface area contributed by atoms with Crippen molar-refractivity contribution in [3.63, 3.8) is 0 Å². The van der Waals surface area contributed by atoms with Crippen LogP contribution in [0.1, 0.15) is 10.4 Å². The molecule has 0 radical (unpaired) electrons. The number of benzene rings is 1. The third kappa shape index (κ3) is 1.82. The van der Waals surface area contributed by atoms with E-state index in [1.54, 1.807) is 0 Å². The molecule has 0 aliphatic heterocycles. The highest BCUT2D eigenvalue weighted by molar-refractivity contribution is 5.96. The van der Waals surface area contributed by atoms with E-state index in [-0.39, 0.29) is 0 Å². The van der Waals surface area contributed by atoms with Gasteiger partial charge in [0.15, 0.2) is 28.6 Å². The number of nitrogens with two attached hydrogens (primary N) is 1. The van der Waals surface area contributed by atoms with Gasteiger partial charge < -0.3 is 15.6 Å². The second-order valence-corrected chi connectivity index (χ2v) is 2.86. The Balaban J connectivity index is 3.84. The zero-order valence-electron chi connectivity index (χ0n) is 8.36. The van der Waals surface area contributed by atoms with Gasteiger partial charge in [-0.1, -0.05) is 0 Å². The second kappa shape index (κ2) is 4.20. The molecular formula is C8H6F2N2O5. The number of aromatic carboxylic acids is 1. The molecule has 0 amide bonds. The number of ether oxygens (including phenoxy) is 1. The molecule has 0 bridgehead atoms. The van der Waals surface area contributed by atoms with Gasteiger partial charge in [0.1, 0.15) is 0 Å². The molecule has 92 valence electrons. The summed E-state index contributed by atoms with van der Waals surface area (Å²) in [5.41, 5.74) is 1.27. The summed E-state index contributed by atoms with van der Waals surface area (Å²) in [4.78, 5) is 20.0. The second-order valence-electron chi connectivity index (χ2n) is 2.86. The van der Waals surface area contributed by atoms with Crippen LogP contribution in [0, 0.1) is 21.7 Å². The van der Waals surface area contributed by atoms with Gasteiger partial charge in [-0.2, -0.15) is 0 Å². The van der Waals surface area contributed by atoms with Crippen LogP contribution >= 0.6 is 0 Å². The van der Waals surface area contributed by atoms with Crippen LogP contribution < -0.4 is 10.5 Å². The van der Waals surface area contributed by atoms with Crippen LogP contribution in [0.25, 0.3) is 0 Å². The highest BCUT2D eigenvalue weighted by Crippen LogP contribution is 2.38. The molecule has 0 unspecified atom stereocenters. The number of carbonyl (C=O) groups is 1. The van der Waals surface area contributed by atoms with Crippen molar-refractivity contribution in [3.05, 3.63) is 27.3 Å². The average Bonchev–Trinajstić information content (AvgIpc) is 2.22. The van der Waals surface area contributed by atoms with Crippen LogP contribution in [0.2, 0.25) is 0 Å². The van der Waals surface area contributed by atoms with E-state index < -0.39 is 45.2 Å². The van der Waals surface area contributed by atoms with Crippen molar-refractivity contribution in [1.82, 2.24) is 0 Å². The number of rotatable bonds is 3. The molecular weight excluding hydrogens is 242 g/mol. The first-order chi connectivity index (χ1) is 7.82. The number of halogens is 2. The molecule has 17 heavy (non-hydrogen) atoms. The smallest absolute Gasteiger partial charge is 0.346 e. The van der Waals surface area contributed by atoms with E-state index >= 15 is 0 Å². The first kappa shape index (κ1) is 12.6. The molecule has 0 spiro atoms. The fraction of sp³-hybridized carbons (Fsp3) is 0.125. The summed E-state index contributed by atoms with van der Waals surface area (Å²) in [5, 5.41) is 19.2. The Morgan fingerprint density at radius 3 is 2.35 bits per heavy atom. The van der Waals surface area contributed by atoms with E-state index in [0.717, 1.165) is 7.11 Å².